The molecule has 0 saturated carbocycles. The number of hydrogen-bond acceptors (Lipinski definition) is 4. The molecule has 1 heterocycles. The highest BCUT2D eigenvalue weighted by Gasteiger charge is 2.20. The van der Waals surface area contributed by atoms with Crippen molar-refractivity contribution in [3.63, 3.8) is 0 Å². The van der Waals surface area contributed by atoms with Crippen LogP contribution in [0.3, 0.4) is 0 Å². The van der Waals surface area contributed by atoms with E-state index in [1.54, 1.807) is 29.2 Å². The fourth-order valence-corrected chi connectivity index (χ4v) is 2.13. The van der Waals surface area contributed by atoms with Gasteiger partial charge in [-0.3, -0.25) is 9.69 Å². The van der Waals surface area contributed by atoms with Gasteiger partial charge in [0.15, 0.2) is 6.61 Å². The molecule has 1 saturated heterocycles. The lowest BCUT2D eigenvalue weighted by molar-refractivity contribution is -0.135. The van der Waals surface area contributed by atoms with E-state index in [4.69, 9.17) is 16.9 Å². The quantitative estimate of drug-likeness (QED) is 0.638. The Kier molecular flexibility index (Phi) is 4.85. The van der Waals surface area contributed by atoms with Crippen molar-refractivity contribution in [3.8, 4) is 18.1 Å². The number of rotatable bonds is 4. The Balaban J connectivity index is 1.77. The van der Waals surface area contributed by atoms with Gasteiger partial charge in [-0.25, -0.2) is 0 Å². The maximum absolute atomic E-state index is 12.0. The molecule has 0 aliphatic carbocycles. The number of ether oxygens (including phenoxy) is 1. The van der Waals surface area contributed by atoms with Crippen LogP contribution in [0, 0.1) is 12.3 Å². The van der Waals surface area contributed by atoms with E-state index in [0.717, 1.165) is 13.1 Å². The molecule has 0 atom stereocenters. The second-order valence-electron chi connectivity index (χ2n) is 4.72. The van der Waals surface area contributed by atoms with Crippen molar-refractivity contribution in [3.05, 3.63) is 24.3 Å². The van der Waals surface area contributed by atoms with Crippen LogP contribution in [-0.4, -0.2) is 55.0 Å². The van der Waals surface area contributed by atoms with Gasteiger partial charge in [0.05, 0.1) is 6.54 Å². The molecule has 1 aliphatic heterocycles. The fraction of sp³-hybridized carbons (Fsp3) is 0.400. The van der Waals surface area contributed by atoms with Crippen molar-refractivity contribution in [2.45, 2.75) is 0 Å². The second kappa shape index (κ2) is 6.83. The molecule has 2 rings (SSSR count). The summed E-state index contributed by atoms with van der Waals surface area (Å²) in [4.78, 5) is 16.0. The van der Waals surface area contributed by atoms with Gasteiger partial charge in [-0.15, -0.1) is 6.42 Å². The van der Waals surface area contributed by atoms with Crippen LogP contribution in [0.15, 0.2) is 24.3 Å². The van der Waals surface area contributed by atoms with Crippen molar-refractivity contribution in [1.29, 1.82) is 0 Å². The lowest BCUT2D eigenvalue weighted by Gasteiger charge is -2.33. The Labute approximate surface area is 119 Å². The number of piperazine rings is 1. The molecule has 1 amide bonds. The summed E-state index contributed by atoms with van der Waals surface area (Å²) < 4.78 is 5.46. The van der Waals surface area contributed by atoms with Crippen LogP contribution in [0.5, 0.6) is 5.75 Å². The zero-order chi connectivity index (χ0) is 14.4. The summed E-state index contributed by atoms with van der Waals surface area (Å²) in [6.07, 6.45) is 5.28. The molecule has 1 aliphatic rings. The molecule has 0 aromatic heterocycles. The van der Waals surface area contributed by atoms with Crippen molar-refractivity contribution >= 4 is 11.6 Å². The van der Waals surface area contributed by atoms with Gasteiger partial charge in [0, 0.05) is 37.9 Å². The summed E-state index contributed by atoms with van der Waals surface area (Å²) in [6.45, 7) is 3.70. The molecule has 0 unspecified atom stereocenters. The van der Waals surface area contributed by atoms with Gasteiger partial charge in [0.2, 0.25) is 0 Å². The van der Waals surface area contributed by atoms with Crippen molar-refractivity contribution in [2.75, 3.05) is 45.1 Å². The van der Waals surface area contributed by atoms with Gasteiger partial charge in [0.1, 0.15) is 5.75 Å². The smallest absolute Gasteiger partial charge is 0.260 e. The first-order chi connectivity index (χ1) is 9.69. The summed E-state index contributed by atoms with van der Waals surface area (Å²) in [7, 11) is 0. The van der Waals surface area contributed by atoms with Gasteiger partial charge in [-0.1, -0.05) is 12.0 Å². The number of nitrogen functional groups attached to an aromatic ring is 1. The number of anilines is 1. The number of hydrogen-bond donors (Lipinski definition) is 1. The monoisotopic (exact) mass is 273 g/mol. The number of nitrogens with two attached hydrogens (primary N) is 1. The summed E-state index contributed by atoms with van der Waals surface area (Å²) in [5.41, 5.74) is 6.28. The van der Waals surface area contributed by atoms with E-state index in [1.165, 1.54) is 0 Å². The summed E-state index contributed by atoms with van der Waals surface area (Å²) in [5, 5.41) is 0. The minimum atomic E-state index is -0.00668. The largest absolute Gasteiger partial charge is 0.484 e. The highest BCUT2D eigenvalue weighted by molar-refractivity contribution is 5.78. The number of benzene rings is 1. The first kappa shape index (κ1) is 14.2. The third kappa shape index (κ3) is 3.90. The molecule has 5 nitrogen and oxygen atoms in total. The molecule has 106 valence electrons. The molecule has 1 fully saturated rings. The predicted octanol–water partition coefficient (Wildman–Crippen LogP) is 0.425. The van der Waals surface area contributed by atoms with Gasteiger partial charge in [-0.2, -0.15) is 0 Å². The number of carbonyl (C=O) groups excluding carboxylic acids is 1. The number of carbonyl (C=O) groups is 1. The minimum Gasteiger partial charge on any atom is -0.484 e. The van der Waals surface area contributed by atoms with Crippen LogP contribution in [-0.2, 0) is 4.79 Å². The molecule has 0 bridgehead atoms. The summed E-state index contributed by atoms with van der Waals surface area (Å²) >= 11 is 0. The van der Waals surface area contributed by atoms with Gasteiger partial charge in [-0.05, 0) is 12.1 Å². The van der Waals surface area contributed by atoms with E-state index in [-0.39, 0.29) is 12.5 Å². The second-order valence-corrected chi connectivity index (χ2v) is 4.72. The first-order valence-electron chi connectivity index (χ1n) is 6.61. The zero-order valence-corrected chi connectivity index (χ0v) is 11.4. The molecule has 0 spiro atoms. The number of amides is 1. The van der Waals surface area contributed by atoms with Crippen LogP contribution >= 0.6 is 0 Å². The minimum absolute atomic E-state index is 0.00668. The van der Waals surface area contributed by atoms with E-state index in [0.29, 0.717) is 31.1 Å². The van der Waals surface area contributed by atoms with Crippen molar-refractivity contribution < 1.29 is 9.53 Å². The Hall–Kier alpha value is -2.19. The molecule has 1 aromatic carbocycles. The lowest BCUT2D eigenvalue weighted by atomic mass is 10.3. The molecule has 20 heavy (non-hydrogen) atoms. The fourth-order valence-electron chi connectivity index (χ4n) is 2.13. The van der Waals surface area contributed by atoms with Crippen molar-refractivity contribution in [1.82, 2.24) is 9.80 Å². The van der Waals surface area contributed by atoms with Crippen LogP contribution in [0.2, 0.25) is 0 Å². The van der Waals surface area contributed by atoms with Gasteiger partial charge < -0.3 is 15.4 Å². The standard InChI is InChI=1S/C15H19N3O2/c1-2-6-17-7-9-18(10-8-17)15(19)12-20-14-5-3-4-13(16)11-14/h1,3-5,11H,6-10,12,16H2. The average molecular weight is 273 g/mol. The molecule has 5 heteroatoms. The van der Waals surface area contributed by atoms with Crippen LogP contribution in [0.1, 0.15) is 0 Å². The van der Waals surface area contributed by atoms with Crippen LogP contribution < -0.4 is 10.5 Å². The molecule has 1 aromatic rings. The Morgan fingerprint density at radius 2 is 2.10 bits per heavy atom. The highest BCUT2D eigenvalue weighted by atomic mass is 16.5. The Morgan fingerprint density at radius 1 is 1.35 bits per heavy atom. The Morgan fingerprint density at radius 3 is 2.75 bits per heavy atom. The zero-order valence-electron chi connectivity index (χ0n) is 11.4. The number of nitrogens with zero attached hydrogens (tertiary/aromatic N) is 2. The van der Waals surface area contributed by atoms with Crippen molar-refractivity contribution in [2.24, 2.45) is 0 Å². The van der Waals surface area contributed by atoms with Gasteiger partial charge in [0.25, 0.3) is 5.91 Å². The third-order valence-corrected chi connectivity index (χ3v) is 3.26. The maximum Gasteiger partial charge on any atom is 0.260 e. The summed E-state index contributed by atoms with van der Waals surface area (Å²) in [6, 6.07) is 7.07. The van der Waals surface area contributed by atoms with E-state index < -0.39 is 0 Å². The normalized spacial score (nSPS) is 15.7. The van der Waals surface area contributed by atoms with E-state index in [1.807, 2.05) is 0 Å². The molecular weight excluding hydrogens is 254 g/mol. The first-order valence-corrected chi connectivity index (χ1v) is 6.61. The van der Waals surface area contributed by atoms with Crippen LogP contribution in [0.25, 0.3) is 0 Å². The highest BCUT2D eigenvalue weighted by Crippen LogP contribution is 2.14. The molecular formula is C15H19N3O2. The SMILES string of the molecule is C#CCN1CCN(C(=O)COc2cccc(N)c2)CC1. The van der Waals surface area contributed by atoms with E-state index >= 15 is 0 Å². The topological polar surface area (TPSA) is 58.8 Å². The average Bonchev–Trinajstić information content (AvgIpc) is 2.46. The lowest BCUT2D eigenvalue weighted by Crippen LogP contribution is -2.49. The number of terminal acetylenes is 1. The summed E-state index contributed by atoms with van der Waals surface area (Å²) in [5.74, 6) is 3.23. The third-order valence-electron chi connectivity index (χ3n) is 3.26. The predicted molar refractivity (Wildman–Crippen MR) is 78.2 cm³/mol. The van der Waals surface area contributed by atoms with Crippen LogP contribution in [0.4, 0.5) is 5.69 Å². The molecule has 0 radical (unpaired) electrons. The Bertz CT molecular complexity index is 502. The van der Waals surface area contributed by atoms with E-state index in [2.05, 4.69) is 10.8 Å². The molecule has 2 N–H and O–H groups in total. The van der Waals surface area contributed by atoms with E-state index in [9.17, 15) is 4.79 Å². The van der Waals surface area contributed by atoms with Gasteiger partial charge >= 0.3 is 0 Å². The maximum atomic E-state index is 12.0.